The van der Waals surface area contributed by atoms with Gasteiger partial charge in [-0.3, -0.25) is 9.59 Å². The van der Waals surface area contributed by atoms with Crippen LogP contribution in [0.5, 0.6) is 5.75 Å². The molecule has 0 fully saturated rings. The van der Waals surface area contributed by atoms with E-state index >= 15 is 0 Å². The van der Waals surface area contributed by atoms with E-state index in [9.17, 15) is 9.59 Å². The number of ether oxygens (including phenoxy) is 1. The summed E-state index contributed by atoms with van der Waals surface area (Å²) in [6, 6.07) is 25.6. The average molecular weight is 417 g/mol. The van der Waals surface area contributed by atoms with Gasteiger partial charge in [-0.1, -0.05) is 60.7 Å². The maximum atomic E-state index is 12.8. The van der Waals surface area contributed by atoms with Gasteiger partial charge in [0.05, 0.1) is 25.1 Å². The van der Waals surface area contributed by atoms with Gasteiger partial charge in [0.25, 0.3) is 5.91 Å². The molecule has 0 aliphatic heterocycles. The molecule has 0 bridgehead atoms. The highest BCUT2D eigenvalue weighted by atomic mass is 16.5. The largest absolute Gasteiger partial charge is 0.494 e. The summed E-state index contributed by atoms with van der Waals surface area (Å²) in [7, 11) is 0. The van der Waals surface area contributed by atoms with Gasteiger partial charge < -0.3 is 15.4 Å². The molecule has 5 heteroatoms. The lowest BCUT2D eigenvalue weighted by Crippen LogP contribution is -2.34. The van der Waals surface area contributed by atoms with Crippen LogP contribution >= 0.6 is 0 Å². The molecule has 3 aromatic carbocycles. The number of rotatable bonds is 9. The van der Waals surface area contributed by atoms with Crippen molar-refractivity contribution in [3.05, 3.63) is 102 Å². The third-order valence-corrected chi connectivity index (χ3v) is 4.98. The Labute approximate surface area is 183 Å². The van der Waals surface area contributed by atoms with Crippen LogP contribution in [0.15, 0.2) is 84.9 Å². The highest BCUT2D eigenvalue weighted by Crippen LogP contribution is 2.21. The average Bonchev–Trinajstić information content (AvgIpc) is 2.80. The van der Waals surface area contributed by atoms with Gasteiger partial charge in [0.2, 0.25) is 5.91 Å². The Kier molecular flexibility index (Phi) is 7.82. The lowest BCUT2D eigenvalue weighted by atomic mass is 10.0. The van der Waals surface area contributed by atoms with Gasteiger partial charge >= 0.3 is 0 Å². The molecule has 0 spiro atoms. The zero-order valence-corrected chi connectivity index (χ0v) is 17.9. The van der Waals surface area contributed by atoms with E-state index < -0.39 is 6.04 Å². The molecule has 160 valence electrons. The molecule has 0 aromatic heterocycles. The molecule has 2 atom stereocenters. The second-order valence-corrected chi connectivity index (χ2v) is 7.30. The predicted octanol–water partition coefficient (Wildman–Crippen LogP) is 4.82. The lowest BCUT2D eigenvalue weighted by Gasteiger charge is -2.21. The van der Waals surface area contributed by atoms with Crippen molar-refractivity contribution in [1.82, 2.24) is 10.6 Å². The quantitative estimate of drug-likeness (QED) is 0.525. The predicted molar refractivity (Wildman–Crippen MR) is 122 cm³/mol. The van der Waals surface area contributed by atoms with Crippen LogP contribution in [-0.2, 0) is 4.79 Å². The van der Waals surface area contributed by atoms with E-state index in [-0.39, 0.29) is 24.3 Å². The van der Waals surface area contributed by atoms with Crippen LogP contribution in [0.2, 0.25) is 0 Å². The van der Waals surface area contributed by atoms with E-state index in [2.05, 4.69) is 10.6 Å². The zero-order chi connectivity index (χ0) is 22.1. The second kappa shape index (κ2) is 11.0. The monoisotopic (exact) mass is 416 g/mol. The number of nitrogens with one attached hydrogen (secondary N) is 2. The van der Waals surface area contributed by atoms with Crippen LogP contribution in [-0.4, -0.2) is 18.4 Å². The fraction of sp³-hybridized carbons (Fsp3) is 0.231. The maximum absolute atomic E-state index is 12.8. The van der Waals surface area contributed by atoms with Gasteiger partial charge in [0, 0.05) is 5.56 Å². The van der Waals surface area contributed by atoms with E-state index in [0.29, 0.717) is 12.2 Å². The highest BCUT2D eigenvalue weighted by molar-refractivity contribution is 5.94. The SMILES string of the molecule is CCOc1cccc([C@@H](C)NC(=O)C[C@H](NC(=O)c2ccccc2)c2ccccc2)c1. The van der Waals surface area contributed by atoms with E-state index in [1.165, 1.54) is 0 Å². The normalized spacial score (nSPS) is 12.5. The van der Waals surface area contributed by atoms with Crippen LogP contribution in [0.3, 0.4) is 0 Å². The standard InChI is InChI=1S/C26H28N2O3/c1-3-31-23-16-10-15-22(17-23)19(2)27-25(29)18-24(20-11-6-4-7-12-20)28-26(30)21-13-8-5-9-14-21/h4-17,19,24H,3,18H2,1-2H3,(H,27,29)(H,28,30)/t19-,24+/m1/s1. The summed E-state index contributed by atoms with van der Waals surface area (Å²) in [5, 5.41) is 6.03. The van der Waals surface area contributed by atoms with Gasteiger partial charge in [-0.05, 0) is 49.2 Å². The fourth-order valence-electron chi connectivity index (χ4n) is 3.38. The summed E-state index contributed by atoms with van der Waals surface area (Å²) in [5.74, 6) is 0.426. The van der Waals surface area contributed by atoms with E-state index in [1.807, 2.05) is 86.6 Å². The summed E-state index contributed by atoms with van der Waals surface area (Å²) in [4.78, 5) is 25.5. The summed E-state index contributed by atoms with van der Waals surface area (Å²) in [6.07, 6.45) is 0.137. The minimum atomic E-state index is -0.434. The molecular weight excluding hydrogens is 388 g/mol. The van der Waals surface area contributed by atoms with Crippen molar-refractivity contribution in [1.29, 1.82) is 0 Å². The first-order valence-electron chi connectivity index (χ1n) is 10.5. The molecule has 0 aliphatic carbocycles. The molecular formula is C26H28N2O3. The lowest BCUT2D eigenvalue weighted by molar-refractivity contribution is -0.122. The number of benzene rings is 3. The molecule has 31 heavy (non-hydrogen) atoms. The minimum Gasteiger partial charge on any atom is -0.494 e. The molecule has 2 amide bonds. The number of hydrogen-bond donors (Lipinski definition) is 2. The Morgan fingerprint density at radius 2 is 1.48 bits per heavy atom. The third-order valence-electron chi connectivity index (χ3n) is 4.98. The molecule has 5 nitrogen and oxygen atoms in total. The Morgan fingerprint density at radius 3 is 2.16 bits per heavy atom. The molecule has 0 saturated carbocycles. The van der Waals surface area contributed by atoms with Crippen LogP contribution < -0.4 is 15.4 Å². The molecule has 0 heterocycles. The Bertz CT molecular complexity index is 990. The van der Waals surface area contributed by atoms with Crippen molar-refractivity contribution in [2.75, 3.05) is 6.61 Å². The van der Waals surface area contributed by atoms with Gasteiger partial charge in [-0.15, -0.1) is 0 Å². The first kappa shape index (κ1) is 22.1. The maximum Gasteiger partial charge on any atom is 0.251 e. The van der Waals surface area contributed by atoms with Crippen LogP contribution in [0.4, 0.5) is 0 Å². The van der Waals surface area contributed by atoms with Crippen molar-refractivity contribution in [3.63, 3.8) is 0 Å². The van der Waals surface area contributed by atoms with Crippen molar-refractivity contribution < 1.29 is 14.3 Å². The molecule has 0 saturated heterocycles. The Hall–Kier alpha value is -3.60. The summed E-state index contributed by atoms with van der Waals surface area (Å²) >= 11 is 0. The number of amides is 2. The number of hydrogen-bond acceptors (Lipinski definition) is 3. The molecule has 3 rings (SSSR count). The molecule has 2 N–H and O–H groups in total. The van der Waals surface area contributed by atoms with Gasteiger partial charge in [-0.25, -0.2) is 0 Å². The summed E-state index contributed by atoms with van der Waals surface area (Å²) in [6.45, 7) is 4.46. The highest BCUT2D eigenvalue weighted by Gasteiger charge is 2.20. The number of carbonyl (C=O) groups excluding carboxylic acids is 2. The Morgan fingerprint density at radius 1 is 0.839 bits per heavy atom. The van der Waals surface area contributed by atoms with Crippen molar-refractivity contribution in [2.45, 2.75) is 32.4 Å². The summed E-state index contributed by atoms with van der Waals surface area (Å²) in [5.41, 5.74) is 2.40. The molecule has 0 radical (unpaired) electrons. The first-order valence-corrected chi connectivity index (χ1v) is 10.5. The van der Waals surface area contributed by atoms with Gasteiger partial charge in [0.1, 0.15) is 5.75 Å². The molecule has 0 aliphatic rings. The molecule has 3 aromatic rings. The van der Waals surface area contributed by atoms with Crippen LogP contribution in [0.25, 0.3) is 0 Å². The van der Waals surface area contributed by atoms with Gasteiger partial charge in [-0.2, -0.15) is 0 Å². The molecule has 0 unspecified atom stereocenters. The van der Waals surface area contributed by atoms with E-state index in [4.69, 9.17) is 4.74 Å². The van der Waals surface area contributed by atoms with Gasteiger partial charge in [0.15, 0.2) is 0 Å². The van der Waals surface area contributed by atoms with Crippen LogP contribution in [0, 0.1) is 0 Å². The Balaban J connectivity index is 1.69. The first-order chi connectivity index (χ1) is 15.1. The van der Waals surface area contributed by atoms with Crippen molar-refractivity contribution in [3.8, 4) is 5.75 Å². The van der Waals surface area contributed by atoms with E-state index in [1.54, 1.807) is 12.1 Å². The number of carbonyl (C=O) groups is 2. The zero-order valence-electron chi connectivity index (χ0n) is 17.9. The topological polar surface area (TPSA) is 67.4 Å². The van der Waals surface area contributed by atoms with E-state index in [0.717, 1.165) is 16.9 Å². The summed E-state index contributed by atoms with van der Waals surface area (Å²) < 4.78 is 5.55. The fourth-order valence-corrected chi connectivity index (χ4v) is 3.38. The third kappa shape index (κ3) is 6.44. The minimum absolute atomic E-state index is 0.137. The second-order valence-electron chi connectivity index (χ2n) is 7.30. The van der Waals surface area contributed by atoms with Crippen LogP contribution in [0.1, 0.15) is 53.8 Å². The van der Waals surface area contributed by atoms with Crippen molar-refractivity contribution in [2.24, 2.45) is 0 Å². The van der Waals surface area contributed by atoms with Crippen molar-refractivity contribution >= 4 is 11.8 Å². The smallest absolute Gasteiger partial charge is 0.251 e.